The van der Waals surface area contributed by atoms with E-state index in [1.807, 2.05) is 36.4 Å². The summed E-state index contributed by atoms with van der Waals surface area (Å²) in [7, 11) is 1.14. The van der Waals surface area contributed by atoms with E-state index in [1.54, 1.807) is 13.0 Å². The molecule has 41 heavy (non-hydrogen) atoms. The van der Waals surface area contributed by atoms with Gasteiger partial charge in [0.25, 0.3) is 0 Å². The molecule has 10 heteroatoms. The molecule has 2 aromatic carbocycles. The molecule has 3 heterocycles. The van der Waals surface area contributed by atoms with Gasteiger partial charge in [-0.2, -0.15) is 17.6 Å². The van der Waals surface area contributed by atoms with Gasteiger partial charge in [-0.3, -0.25) is 4.98 Å². The Bertz CT molecular complexity index is 1460. The lowest BCUT2D eigenvalue weighted by Crippen LogP contribution is -2.46. The van der Waals surface area contributed by atoms with Crippen LogP contribution >= 0.6 is 0 Å². The van der Waals surface area contributed by atoms with Crippen LogP contribution in [-0.4, -0.2) is 30.5 Å². The Hall–Kier alpha value is -3.66. The maximum Gasteiger partial charge on any atom is 0.417 e. The Labute approximate surface area is 234 Å². The van der Waals surface area contributed by atoms with Crippen LogP contribution in [0.2, 0.25) is 0 Å². The molecular formula is C31H30F5NO4. The first kappa shape index (κ1) is 28.9. The second kappa shape index (κ2) is 11.0. The maximum atomic E-state index is 14.9. The topological polar surface area (TPSA) is 49.8 Å². The third-order valence-corrected chi connectivity index (χ3v) is 7.91. The number of alkyl halides is 3. The second-order valence-electron chi connectivity index (χ2n) is 10.4. The fourth-order valence-electron chi connectivity index (χ4n) is 5.61. The number of benzene rings is 2. The molecule has 5 nitrogen and oxygen atoms in total. The third-order valence-electron chi connectivity index (χ3n) is 7.91. The number of halogens is 5. The molecule has 0 amide bonds. The molecule has 3 aromatic rings. The van der Waals surface area contributed by atoms with Crippen LogP contribution in [0, 0.1) is 24.5 Å². The Morgan fingerprint density at radius 3 is 2.46 bits per heavy atom. The Kier molecular flexibility index (Phi) is 7.72. The minimum atomic E-state index is -4.79. The predicted octanol–water partition coefficient (Wildman–Crippen LogP) is 7.83. The van der Waals surface area contributed by atoms with Crippen LogP contribution in [0.15, 0.2) is 54.6 Å². The number of nitrogens with zero attached hydrogens (tertiary/aromatic N) is 1. The number of ether oxygens (including phenoxy) is 4. The van der Waals surface area contributed by atoms with Gasteiger partial charge in [-0.25, -0.2) is 4.39 Å². The van der Waals surface area contributed by atoms with Crippen LogP contribution < -0.4 is 9.47 Å². The highest BCUT2D eigenvalue weighted by molar-refractivity contribution is 5.70. The van der Waals surface area contributed by atoms with Crippen LogP contribution in [0.3, 0.4) is 0 Å². The van der Waals surface area contributed by atoms with Crippen LogP contribution in [0.25, 0.3) is 5.76 Å². The van der Waals surface area contributed by atoms with Gasteiger partial charge in [0.2, 0.25) is 5.82 Å². The molecule has 0 spiro atoms. The van der Waals surface area contributed by atoms with Gasteiger partial charge in [0.15, 0.2) is 17.2 Å². The molecular weight excluding hydrogens is 545 g/mol. The molecule has 1 saturated heterocycles. The third kappa shape index (κ3) is 5.14. The summed E-state index contributed by atoms with van der Waals surface area (Å²) < 4.78 is 96.0. The molecule has 5 rings (SSSR count). The number of rotatable bonds is 7. The fourth-order valence-corrected chi connectivity index (χ4v) is 5.61. The lowest BCUT2D eigenvalue weighted by atomic mass is 9.76. The second-order valence-corrected chi connectivity index (χ2v) is 10.4. The van der Waals surface area contributed by atoms with Crippen molar-refractivity contribution in [1.29, 1.82) is 0 Å². The average Bonchev–Trinajstić information content (AvgIpc) is 3.56. The highest BCUT2D eigenvalue weighted by Crippen LogP contribution is 2.60. The van der Waals surface area contributed by atoms with E-state index in [-0.39, 0.29) is 17.9 Å². The van der Waals surface area contributed by atoms with Gasteiger partial charge in [-0.1, -0.05) is 43.3 Å². The van der Waals surface area contributed by atoms with E-state index >= 15 is 0 Å². The van der Waals surface area contributed by atoms with Crippen molar-refractivity contribution in [2.45, 2.75) is 57.6 Å². The first-order valence-corrected chi connectivity index (χ1v) is 13.2. The van der Waals surface area contributed by atoms with Crippen molar-refractivity contribution in [2.75, 3.05) is 13.7 Å². The fraction of sp³-hybridized carbons (Fsp3) is 0.387. The summed E-state index contributed by atoms with van der Waals surface area (Å²) in [6.45, 7) is 4.61. The molecule has 218 valence electrons. The predicted molar refractivity (Wildman–Crippen MR) is 141 cm³/mol. The van der Waals surface area contributed by atoms with Crippen LogP contribution in [0.1, 0.15) is 60.4 Å². The van der Waals surface area contributed by atoms with Gasteiger partial charge < -0.3 is 18.9 Å². The molecule has 1 aromatic heterocycles. The first-order chi connectivity index (χ1) is 19.5. The average molecular weight is 576 g/mol. The highest BCUT2D eigenvalue weighted by atomic mass is 19.4. The molecule has 1 fully saturated rings. The SMILES string of the molecule is COc1c([C@H]2[C@H](c3nc(C)cc(OCc4ccccc4)c3C3=CCCO3)O[C@@](C)(C(F)(F)F)[C@H]2C)ccc(F)c1F. The van der Waals surface area contributed by atoms with E-state index in [0.29, 0.717) is 35.8 Å². The van der Waals surface area contributed by atoms with Crippen molar-refractivity contribution in [3.63, 3.8) is 0 Å². The number of aryl methyl sites for hydroxylation is 1. The zero-order valence-corrected chi connectivity index (χ0v) is 23.0. The zero-order chi connectivity index (χ0) is 29.5. The standard InChI is InChI=1S/C31H30F5NO4/c1-17-15-23(40-16-19-9-6-5-7-10-19)25(22-11-8-14-39-22)27(37-17)29-24(18(2)30(3,41-29)31(34,35)36)20-12-13-21(32)26(33)28(20)38-4/h5-7,9-13,15,18,24,29H,8,14,16H2,1-4H3/t18-,24-,29+,30+/m0/s1. The van der Waals surface area contributed by atoms with Crippen molar-refractivity contribution < 1.29 is 40.9 Å². The van der Waals surface area contributed by atoms with E-state index in [4.69, 9.17) is 18.9 Å². The monoisotopic (exact) mass is 575 g/mol. The summed E-state index contributed by atoms with van der Waals surface area (Å²) in [6.07, 6.45) is -3.72. The van der Waals surface area contributed by atoms with Crippen molar-refractivity contribution in [3.8, 4) is 11.5 Å². The largest absolute Gasteiger partial charge is 0.493 e. The summed E-state index contributed by atoms with van der Waals surface area (Å²) in [4.78, 5) is 4.67. The smallest absolute Gasteiger partial charge is 0.417 e. The number of hydrogen-bond acceptors (Lipinski definition) is 5. The van der Waals surface area contributed by atoms with Crippen molar-refractivity contribution in [1.82, 2.24) is 4.98 Å². The van der Waals surface area contributed by atoms with Gasteiger partial charge in [0, 0.05) is 35.6 Å². The highest BCUT2D eigenvalue weighted by Gasteiger charge is 2.65. The summed E-state index contributed by atoms with van der Waals surface area (Å²) in [6, 6.07) is 13.2. The van der Waals surface area contributed by atoms with Gasteiger partial charge in [-0.15, -0.1) is 0 Å². The normalized spacial score (nSPS) is 24.2. The molecule has 0 bridgehead atoms. The van der Waals surface area contributed by atoms with Crippen LogP contribution in [0.5, 0.6) is 11.5 Å². The molecule has 0 saturated carbocycles. The molecule has 0 aliphatic carbocycles. The van der Waals surface area contributed by atoms with Crippen molar-refractivity contribution in [3.05, 3.63) is 94.3 Å². The lowest BCUT2D eigenvalue weighted by Gasteiger charge is -2.32. The van der Waals surface area contributed by atoms with Crippen LogP contribution in [0.4, 0.5) is 22.0 Å². The molecule has 0 unspecified atom stereocenters. The van der Waals surface area contributed by atoms with E-state index in [2.05, 4.69) is 4.98 Å². The van der Waals surface area contributed by atoms with E-state index in [9.17, 15) is 22.0 Å². The minimum absolute atomic E-state index is 0.0409. The van der Waals surface area contributed by atoms with E-state index in [1.165, 1.54) is 13.0 Å². The Morgan fingerprint density at radius 1 is 1.10 bits per heavy atom. The van der Waals surface area contributed by atoms with E-state index < -0.39 is 47.1 Å². The van der Waals surface area contributed by atoms with Crippen molar-refractivity contribution in [2.24, 2.45) is 5.92 Å². The van der Waals surface area contributed by atoms with E-state index in [0.717, 1.165) is 25.7 Å². The molecule has 2 aliphatic rings. The summed E-state index contributed by atoms with van der Waals surface area (Å²) in [5.74, 6) is -4.54. The summed E-state index contributed by atoms with van der Waals surface area (Å²) in [5, 5.41) is 0. The summed E-state index contributed by atoms with van der Waals surface area (Å²) in [5.41, 5.74) is -0.735. The summed E-state index contributed by atoms with van der Waals surface area (Å²) >= 11 is 0. The maximum absolute atomic E-state index is 14.9. The first-order valence-electron chi connectivity index (χ1n) is 13.2. The van der Waals surface area contributed by atoms with Gasteiger partial charge in [0.1, 0.15) is 24.2 Å². The Morgan fingerprint density at radius 2 is 1.83 bits per heavy atom. The van der Waals surface area contributed by atoms with Gasteiger partial charge in [-0.05, 0) is 31.6 Å². The Balaban J connectivity index is 1.71. The quantitative estimate of drug-likeness (QED) is 0.269. The minimum Gasteiger partial charge on any atom is -0.493 e. The zero-order valence-electron chi connectivity index (χ0n) is 23.0. The molecule has 0 N–H and O–H groups in total. The number of methoxy groups -OCH3 is 1. The lowest BCUT2D eigenvalue weighted by molar-refractivity contribution is -0.275. The van der Waals surface area contributed by atoms with Crippen LogP contribution in [-0.2, 0) is 16.1 Å². The van der Waals surface area contributed by atoms with Gasteiger partial charge in [0.05, 0.1) is 25.0 Å². The number of pyridine rings is 1. The number of hydrogen-bond donors (Lipinski definition) is 0. The van der Waals surface area contributed by atoms with Gasteiger partial charge >= 0.3 is 6.18 Å². The molecule has 2 aliphatic heterocycles. The molecule has 4 atom stereocenters. The van der Waals surface area contributed by atoms with Crippen molar-refractivity contribution >= 4 is 5.76 Å². The number of aromatic nitrogens is 1. The molecule has 0 radical (unpaired) electrons.